The normalized spacial score (nSPS) is 18.2. The Morgan fingerprint density at radius 3 is 3.09 bits per heavy atom. The lowest BCUT2D eigenvalue weighted by atomic mass is 10.1. The van der Waals surface area contributed by atoms with Gasteiger partial charge in [-0.05, 0) is 37.5 Å². The highest BCUT2D eigenvalue weighted by molar-refractivity contribution is 5.27. The predicted octanol–water partition coefficient (Wildman–Crippen LogP) is 2.26. The van der Waals surface area contributed by atoms with Gasteiger partial charge in [0.1, 0.15) is 0 Å². The molecule has 0 saturated carbocycles. The van der Waals surface area contributed by atoms with Crippen molar-refractivity contribution in [2.75, 3.05) is 6.61 Å². The average molecular weight is 148 g/mol. The van der Waals surface area contributed by atoms with Crippen LogP contribution in [0, 0.1) is 12.3 Å². The summed E-state index contributed by atoms with van der Waals surface area (Å²) in [6.07, 6.45) is 10.9. The van der Waals surface area contributed by atoms with E-state index in [0.29, 0.717) is 0 Å². The summed E-state index contributed by atoms with van der Waals surface area (Å²) >= 11 is 0. The summed E-state index contributed by atoms with van der Waals surface area (Å²) in [5, 5.41) is 0. The third-order valence-corrected chi connectivity index (χ3v) is 1.74. The molecule has 1 heteroatoms. The third-order valence-electron chi connectivity index (χ3n) is 1.74. The molecule has 0 atom stereocenters. The van der Waals surface area contributed by atoms with Crippen molar-refractivity contribution in [2.45, 2.75) is 19.8 Å². The van der Waals surface area contributed by atoms with E-state index in [-0.39, 0.29) is 0 Å². The Morgan fingerprint density at radius 2 is 2.45 bits per heavy atom. The minimum absolute atomic E-state index is 0.846. The van der Waals surface area contributed by atoms with Crippen molar-refractivity contribution >= 4 is 0 Å². The molecule has 0 bridgehead atoms. The maximum atomic E-state index is 5.35. The number of hydrogen-bond acceptors (Lipinski definition) is 1. The molecule has 0 unspecified atom stereocenters. The van der Waals surface area contributed by atoms with Crippen LogP contribution in [0.25, 0.3) is 0 Å². The van der Waals surface area contributed by atoms with Crippen molar-refractivity contribution in [1.29, 1.82) is 0 Å². The van der Waals surface area contributed by atoms with Crippen LogP contribution in [0.15, 0.2) is 23.5 Å². The first kappa shape index (κ1) is 7.94. The fraction of sp³-hybridized carbons (Fsp3) is 0.400. The monoisotopic (exact) mass is 148 g/mol. The maximum absolute atomic E-state index is 5.35. The molecule has 1 nitrogen and oxygen atoms in total. The number of terminal acetylenes is 1. The highest BCUT2D eigenvalue weighted by Crippen LogP contribution is 2.19. The molecule has 0 aromatic rings. The molecule has 0 saturated heterocycles. The lowest BCUT2D eigenvalue weighted by Gasteiger charge is -2.15. The third kappa shape index (κ3) is 2.16. The Morgan fingerprint density at radius 1 is 1.64 bits per heavy atom. The van der Waals surface area contributed by atoms with Crippen LogP contribution in [-0.4, -0.2) is 6.61 Å². The Labute approximate surface area is 67.8 Å². The molecule has 1 aliphatic heterocycles. The maximum Gasteiger partial charge on any atom is 0.0960 e. The number of rotatable bonds is 1. The first-order chi connectivity index (χ1) is 5.34. The molecule has 0 radical (unpaired) electrons. The van der Waals surface area contributed by atoms with E-state index in [1.54, 1.807) is 6.08 Å². The van der Waals surface area contributed by atoms with Crippen LogP contribution < -0.4 is 0 Å². The van der Waals surface area contributed by atoms with Gasteiger partial charge in [0.15, 0.2) is 0 Å². The zero-order valence-electron chi connectivity index (χ0n) is 6.76. The molecule has 0 spiro atoms. The second-order valence-electron chi connectivity index (χ2n) is 2.53. The van der Waals surface area contributed by atoms with Gasteiger partial charge in [0.25, 0.3) is 0 Å². The molecule has 0 N–H and O–H groups in total. The fourth-order valence-corrected chi connectivity index (χ4v) is 1.11. The van der Waals surface area contributed by atoms with Gasteiger partial charge in [0.05, 0.1) is 12.4 Å². The Kier molecular flexibility index (Phi) is 2.80. The van der Waals surface area contributed by atoms with Gasteiger partial charge >= 0.3 is 0 Å². The molecule has 0 amide bonds. The van der Waals surface area contributed by atoms with E-state index in [9.17, 15) is 0 Å². The van der Waals surface area contributed by atoms with Crippen LogP contribution in [0.1, 0.15) is 19.8 Å². The first-order valence-electron chi connectivity index (χ1n) is 3.80. The van der Waals surface area contributed by atoms with E-state index < -0.39 is 0 Å². The van der Waals surface area contributed by atoms with Gasteiger partial charge < -0.3 is 4.74 Å². The van der Waals surface area contributed by atoms with E-state index in [1.807, 2.05) is 13.0 Å². The Bertz CT molecular complexity index is 228. The topological polar surface area (TPSA) is 9.23 Å². The average Bonchev–Trinajstić information content (AvgIpc) is 2.03. The summed E-state index contributed by atoms with van der Waals surface area (Å²) in [7, 11) is 0. The summed E-state index contributed by atoms with van der Waals surface area (Å²) in [6.45, 7) is 2.83. The van der Waals surface area contributed by atoms with Crippen molar-refractivity contribution < 1.29 is 4.74 Å². The van der Waals surface area contributed by atoms with Gasteiger partial charge in [-0.2, -0.15) is 0 Å². The zero-order chi connectivity index (χ0) is 8.10. The molecule has 1 rings (SSSR count). The van der Waals surface area contributed by atoms with Crippen LogP contribution in [0.3, 0.4) is 0 Å². The summed E-state index contributed by atoms with van der Waals surface area (Å²) < 4.78 is 5.35. The van der Waals surface area contributed by atoms with Crippen LogP contribution in [0.4, 0.5) is 0 Å². The zero-order valence-corrected chi connectivity index (χ0v) is 6.76. The van der Waals surface area contributed by atoms with Crippen molar-refractivity contribution in [3.8, 4) is 12.3 Å². The molecule has 0 aromatic carbocycles. The summed E-state index contributed by atoms with van der Waals surface area (Å²) in [5.41, 5.74) is 1.23. The molecular weight excluding hydrogens is 136 g/mol. The van der Waals surface area contributed by atoms with Crippen LogP contribution in [0.5, 0.6) is 0 Å². The first-order valence-corrected chi connectivity index (χ1v) is 3.80. The van der Waals surface area contributed by atoms with Crippen molar-refractivity contribution in [3.05, 3.63) is 23.5 Å². The van der Waals surface area contributed by atoms with Crippen molar-refractivity contribution in [1.82, 2.24) is 0 Å². The lowest BCUT2D eigenvalue weighted by molar-refractivity contribution is 0.191. The lowest BCUT2D eigenvalue weighted by Crippen LogP contribution is -2.02. The Hall–Kier alpha value is -1.16. The smallest absolute Gasteiger partial charge is 0.0960 e. The predicted molar refractivity (Wildman–Crippen MR) is 45.9 cm³/mol. The molecule has 1 heterocycles. The van der Waals surface area contributed by atoms with Crippen molar-refractivity contribution in [3.63, 3.8) is 0 Å². The summed E-state index contributed by atoms with van der Waals surface area (Å²) in [5.74, 6) is 3.48. The molecule has 0 fully saturated rings. The van der Waals surface area contributed by atoms with Crippen molar-refractivity contribution in [2.24, 2.45) is 0 Å². The van der Waals surface area contributed by atoms with E-state index in [1.165, 1.54) is 5.57 Å². The molecule has 0 aliphatic carbocycles. The molecule has 1 aliphatic rings. The number of allylic oxidation sites excluding steroid dienone is 4. The highest BCUT2D eigenvalue weighted by atomic mass is 16.5. The summed E-state index contributed by atoms with van der Waals surface area (Å²) in [6, 6.07) is 0. The van der Waals surface area contributed by atoms with Gasteiger partial charge in [0, 0.05) is 0 Å². The van der Waals surface area contributed by atoms with E-state index >= 15 is 0 Å². The summed E-state index contributed by atoms with van der Waals surface area (Å²) in [4.78, 5) is 0. The quantitative estimate of drug-likeness (QED) is 0.518. The minimum Gasteiger partial charge on any atom is -0.498 e. The van der Waals surface area contributed by atoms with Gasteiger partial charge in [0.2, 0.25) is 0 Å². The highest BCUT2D eigenvalue weighted by Gasteiger charge is 2.05. The number of hydrogen-bond donors (Lipinski definition) is 0. The van der Waals surface area contributed by atoms with Gasteiger partial charge in [-0.25, -0.2) is 0 Å². The minimum atomic E-state index is 0.846. The fourth-order valence-electron chi connectivity index (χ4n) is 1.11. The van der Waals surface area contributed by atoms with Gasteiger partial charge in [-0.1, -0.05) is 5.92 Å². The van der Waals surface area contributed by atoms with Gasteiger partial charge in [-0.3, -0.25) is 0 Å². The molecule has 58 valence electrons. The standard InChI is InChI=1S/C10H12O/c1-3-4-6-10-7-5-8-11-9(10)2/h1,4,6H,5,7-8H2,2H3/b6-4-. The van der Waals surface area contributed by atoms with E-state index in [0.717, 1.165) is 25.2 Å². The SMILES string of the molecule is C#C/C=C\C1=C(C)OCCC1. The second-order valence-corrected chi connectivity index (χ2v) is 2.53. The number of ether oxygens (including phenoxy) is 1. The molecular formula is C10H12O. The molecule has 11 heavy (non-hydrogen) atoms. The van der Waals surface area contributed by atoms with Crippen LogP contribution in [-0.2, 0) is 4.74 Å². The molecule has 0 aromatic heterocycles. The largest absolute Gasteiger partial charge is 0.498 e. The van der Waals surface area contributed by atoms with E-state index in [4.69, 9.17) is 11.2 Å². The van der Waals surface area contributed by atoms with E-state index in [2.05, 4.69) is 5.92 Å². The van der Waals surface area contributed by atoms with Crippen LogP contribution >= 0.6 is 0 Å². The Balaban J connectivity index is 2.68. The van der Waals surface area contributed by atoms with Gasteiger partial charge in [-0.15, -0.1) is 6.42 Å². The second kappa shape index (κ2) is 3.88. The van der Waals surface area contributed by atoms with Crippen LogP contribution in [0.2, 0.25) is 0 Å².